The minimum absolute atomic E-state index is 0.0158. The fraction of sp³-hybridized carbons (Fsp3) is 0.522. The molecule has 2 unspecified atom stereocenters. The Morgan fingerprint density at radius 3 is 2.48 bits per heavy atom. The Bertz CT molecular complexity index is 978. The van der Waals surface area contributed by atoms with Crippen molar-refractivity contribution >= 4 is 6.09 Å². The Morgan fingerprint density at radius 1 is 1.30 bits per heavy atom. The van der Waals surface area contributed by atoms with E-state index in [0.717, 1.165) is 18.4 Å². The number of rotatable bonds is 9. The van der Waals surface area contributed by atoms with Crippen LogP contribution in [0.15, 0.2) is 28.8 Å². The lowest BCUT2D eigenvalue weighted by Gasteiger charge is -2.37. The van der Waals surface area contributed by atoms with Gasteiger partial charge in [-0.05, 0) is 31.2 Å². The van der Waals surface area contributed by atoms with Gasteiger partial charge in [0.25, 0.3) is 0 Å². The number of ether oxygens (including phenoxy) is 1. The number of hydrogen-bond acceptors (Lipinski definition) is 6. The van der Waals surface area contributed by atoms with Crippen molar-refractivity contribution in [2.24, 2.45) is 5.92 Å². The zero-order valence-corrected chi connectivity index (χ0v) is 18.7. The van der Waals surface area contributed by atoms with Gasteiger partial charge in [-0.2, -0.15) is 18.2 Å². The zero-order valence-electron chi connectivity index (χ0n) is 18.7. The first-order valence-electron chi connectivity index (χ1n) is 10.7. The van der Waals surface area contributed by atoms with Crippen LogP contribution in [0, 0.1) is 18.3 Å². The van der Waals surface area contributed by atoms with Crippen LogP contribution in [0.5, 0.6) is 0 Å². The van der Waals surface area contributed by atoms with Crippen molar-refractivity contribution in [1.29, 1.82) is 0 Å². The average molecular weight is 464 g/mol. The maximum absolute atomic E-state index is 12.7. The standard InChI is InChI=1S/C23H27F3N4O3/c1-5-12-32-22(31)27-19(14(2)3)15(4)30(18-10-11-18)13-16-6-8-17(9-7-16)20-28-21(33-29-20)23(24,25)26/h1,6-9,14-15,18-19H,10-13H2,2-4H3,(H,27,31). The highest BCUT2D eigenvalue weighted by atomic mass is 19.4. The predicted octanol–water partition coefficient (Wildman–Crippen LogP) is 4.49. The number of nitrogens with zero attached hydrogens (tertiary/aromatic N) is 3. The molecule has 1 aliphatic carbocycles. The van der Waals surface area contributed by atoms with Crippen LogP contribution in [0.2, 0.25) is 0 Å². The van der Waals surface area contributed by atoms with Gasteiger partial charge < -0.3 is 14.6 Å². The lowest BCUT2D eigenvalue weighted by molar-refractivity contribution is -0.159. The second kappa shape index (κ2) is 10.3. The van der Waals surface area contributed by atoms with Crippen molar-refractivity contribution in [3.8, 4) is 23.7 Å². The molecule has 0 bridgehead atoms. The fourth-order valence-electron chi connectivity index (χ4n) is 3.77. The lowest BCUT2D eigenvalue weighted by atomic mass is 9.95. The van der Waals surface area contributed by atoms with E-state index in [1.54, 1.807) is 12.1 Å². The van der Waals surface area contributed by atoms with Gasteiger partial charge in [-0.1, -0.05) is 49.2 Å². The summed E-state index contributed by atoms with van der Waals surface area (Å²) in [6, 6.07) is 7.27. The van der Waals surface area contributed by atoms with Crippen molar-refractivity contribution in [1.82, 2.24) is 20.4 Å². The van der Waals surface area contributed by atoms with E-state index in [-0.39, 0.29) is 30.4 Å². The molecule has 178 valence electrons. The Morgan fingerprint density at radius 2 is 1.97 bits per heavy atom. The number of hydrogen-bond donors (Lipinski definition) is 1. The van der Waals surface area contributed by atoms with E-state index in [2.05, 4.69) is 37.7 Å². The van der Waals surface area contributed by atoms with Crippen molar-refractivity contribution in [2.45, 2.75) is 64.5 Å². The molecular formula is C23H27F3N4O3. The Balaban J connectivity index is 1.70. The molecule has 0 radical (unpaired) electrons. The molecule has 2 aromatic rings. The molecule has 10 heteroatoms. The molecule has 1 fully saturated rings. The van der Waals surface area contributed by atoms with Gasteiger partial charge in [-0.3, -0.25) is 4.90 Å². The molecule has 1 aliphatic rings. The predicted molar refractivity (Wildman–Crippen MR) is 115 cm³/mol. The number of alkyl carbamates (subject to hydrolysis) is 1. The molecule has 33 heavy (non-hydrogen) atoms. The number of carbonyl (C=O) groups excluding carboxylic acids is 1. The Hall–Kier alpha value is -3.06. The van der Waals surface area contributed by atoms with E-state index < -0.39 is 18.2 Å². The lowest BCUT2D eigenvalue weighted by Crippen LogP contribution is -2.53. The Labute approximate surface area is 190 Å². The summed E-state index contributed by atoms with van der Waals surface area (Å²) in [5, 5.41) is 6.35. The number of aromatic nitrogens is 2. The smallest absolute Gasteiger partial charge is 0.436 e. The van der Waals surface area contributed by atoms with Crippen molar-refractivity contribution in [2.75, 3.05) is 6.61 Å². The van der Waals surface area contributed by atoms with Gasteiger partial charge in [0.15, 0.2) is 6.61 Å². The Kier molecular flexibility index (Phi) is 7.64. The zero-order chi connectivity index (χ0) is 24.2. The number of benzene rings is 1. The van der Waals surface area contributed by atoms with Gasteiger partial charge in [-0.25, -0.2) is 4.79 Å². The van der Waals surface area contributed by atoms with E-state index in [9.17, 15) is 18.0 Å². The third kappa shape index (κ3) is 6.48. The fourth-order valence-corrected chi connectivity index (χ4v) is 3.77. The topological polar surface area (TPSA) is 80.5 Å². The minimum atomic E-state index is -4.68. The van der Waals surface area contributed by atoms with Crippen molar-refractivity contribution in [3.05, 3.63) is 35.7 Å². The molecule has 2 atom stereocenters. The second-order valence-corrected chi connectivity index (χ2v) is 8.46. The van der Waals surface area contributed by atoms with Gasteiger partial charge >= 0.3 is 18.2 Å². The van der Waals surface area contributed by atoms with E-state index in [1.165, 1.54) is 0 Å². The van der Waals surface area contributed by atoms with Crippen LogP contribution < -0.4 is 5.32 Å². The first kappa shape index (κ1) is 24.6. The van der Waals surface area contributed by atoms with E-state index in [4.69, 9.17) is 11.2 Å². The minimum Gasteiger partial charge on any atom is -0.436 e. The summed E-state index contributed by atoms with van der Waals surface area (Å²) in [5.74, 6) is 0.944. The maximum atomic E-state index is 12.7. The van der Waals surface area contributed by atoms with Crippen molar-refractivity contribution in [3.63, 3.8) is 0 Å². The molecule has 7 nitrogen and oxygen atoms in total. The number of terminal acetylenes is 1. The molecule has 1 aromatic heterocycles. The average Bonchev–Trinajstić information content (AvgIpc) is 3.47. The van der Waals surface area contributed by atoms with Gasteiger partial charge in [0.2, 0.25) is 5.82 Å². The highest BCUT2D eigenvalue weighted by molar-refractivity contribution is 5.68. The highest BCUT2D eigenvalue weighted by Gasteiger charge is 2.39. The van der Waals surface area contributed by atoms with Gasteiger partial charge in [0.05, 0.1) is 0 Å². The second-order valence-electron chi connectivity index (χ2n) is 8.46. The summed E-state index contributed by atoms with van der Waals surface area (Å²) in [6.07, 6.45) is 2.06. The summed E-state index contributed by atoms with van der Waals surface area (Å²) in [6.45, 7) is 6.66. The van der Waals surface area contributed by atoms with Crippen LogP contribution in [-0.2, 0) is 17.5 Å². The SMILES string of the molecule is C#CCOC(=O)NC(C(C)C)C(C)N(Cc1ccc(-c2noc(C(F)(F)F)n2)cc1)C1CC1. The number of halogens is 3. The molecule has 1 saturated carbocycles. The van der Waals surface area contributed by atoms with Crippen molar-refractivity contribution < 1.29 is 27.2 Å². The van der Waals surface area contributed by atoms with Crippen LogP contribution in [-0.4, -0.2) is 45.9 Å². The highest BCUT2D eigenvalue weighted by Crippen LogP contribution is 2.33. The monoisotopic (exact) mass is 464 g/mol. The molecule has 0 saturated heterocycles. The summed E-state index contributed by atoms with van der Waals surface area (Å²) in [4.78, 5) is 17.8. The van der Waals surface area contributed by atoms with Gasteiger partial charge in [0, 0.05) is 30.2 Å². The number of carbonyl (C=O) groups is 1. The summed E-state index contributed by atoms with van der Waals surface area (Å²) < 4.78 is 47.4. The molecule has 1 aromatic carbocycles. The number of amides is 1. The summed E-state index contributed by atoms with van der Waals surface area (Å²) in [7, 11) is 0. The normalized spacial score (nSPS) is 15.8. The molecule has 1 amide bonds. The van der Waals surface area contributed by atoms with E-state index in [0.29, 0.717) is 18.2 Å². The van der Waals surface area contributed by atoms with Gasteiger partial charge in [-0.15, -0.1) is 6.42 Å². The number of alkyl halides is 3. The van der Waals surface area contributed by atoms with Crippen LogP contribution in [0.25, 0.3) is 11.4 Å². The first-order chi connectivity index (χ1) is 15.6. The van der Waals surface area contributed by atoms with Crippen LogP contribution in [0.1, 0.15) is 45.1 Å². The molecular weight excluding hydrogens is 437 g/mol. The van der Waals surface area contributed by atoms with Crippen LogP contribution >= 0.6 is 0 Å². The summed E-state index contributed by atoms with van der Waals surface area (Å²) in [5.41, 5.74) is 1.41. The first-order valence-corrected chi connectivity index (χ1v) is 10.7. The van der Waals surface area contributed by atoms with Crippen LogP contribution in [0.4, 0.5) is 18.0 Å². The number of nitrogens with one attached hydrogen (secondary N) is 1. The third-order valence-electron chi connectivity index (χ3n) is 5.59. The molecule has 0 aliphatic heterocycles. The molecule has 3 rings (SSSR count). The third-order valence-corrected chi connectivity index (χ3v) is 5.59. The molecule has 1 N–H and O–H groups in total. The van der Waals surface area contributed by atoms with Gasteiger partial charge in [0.1, 0.15) is 0 Å². The summed E-state index contributed by atoms with van der Waals surface area (Å²) >= 11 is 0. The van der Waals surface area contributed by atoms with E-state index in [1.807, 2.05) is 26.0 Å². The maximum Gasteiger partial charge on any atom is 0.471 e. The molecule has 0 spiro atoms. The molecule has 1 heterocycles. The quantitative estimate of drug-likeness (QED) is 0.551. The largest absolute Gasteiger partial charge is 0.471 e. The van der Waals surface area contributed by atoms with Crippen LogP contribution in [0.3, 0.4) is 0 Å². The van der Waals surface area contributed by atoms with E-state index >= 15 is 0 Å².